The number of Topliss-reactive ketones (excluding diaryl/α,β-unsaturated/α-hetero) is 1. The molecule has 0 saturated heterocycles. The monoisotopic (exact) mass is 240 g/mol. The normalized spacial score (nSPS) is 9.41. The number of nitrogens with zero attached hydrogens (tertiary/aromatic N) is 1. The topological polar surface area (TPSA) is 71.3 Å². The number of carbonyl (C=O) groups is 2. The van der Waals surface area contributed by atoms with Crippen molar-refractivity contribution >= 4 is 11.8 Å². The Balaban J connectivity index is 0.000000366. The zero-order chi connectivity index (χ0) is 13.4. The van der Waals surface area contributed by atoms with Gasteiger partial charge in [-0.25, -0.2) is 0 Å². The number of carboxylic acids is 1. The van der Waals surface area contributed by atoms with E-state index in [1.54, 1.807) is 14.0 Å². The summed E-state index contributed by atoms with van der Waals surface area (Å²) >= 11 is 0. The maximum Gasteiger partial charge on any atom is 0.317 e. The number of nitrogens with one attached hydrogen (secondary N) is 1. The van der Waals surface area contributed by atoms with E-state index in [0.29, 0.717) is 0 Å². The summed E-state index contributed by atoms with van der Waals surface area (Å²) in [5.74, 6) is -0.690. The Labute approximate surface area is 101 Å². The van der Waals surface area contributed by atoms with E-state index in [1.807, 2.05) is 23.7 Å². The molecule has 0 bridgehead atoms. The van der Waals surface area contributed by atoms with E-state index in [9.17, 15) is 9.59 Å². The molecule has 1 rings (SSSR count). The Bertz CT molecular complexity index is 383. The molecule has 0 aromatic carbocycles. The molecule has 0 fully saturated rings. The van der Waals surface area contributed by atoms with Gasteiger partial charge in [0, 0.05) is 19.7 Å². The number of hydrogen-bond acceptors (Lipinski definition) is 3. The SMILES string of the molecule is CCc1ccc(C(C)=O)n1C.CNCC(=O)O. The van der Waals surface area contributed by atoms with Gasteiger partial charge in [-0.05, 0) is 25.6 Å². The molecule has 0 atom stereocenters. The van der Waals surface area contributed by atoms with Crippen LogP contribution in [0.3, 0.4) is 0 Å². The number of ketones is 1. The zero-order valence-corrected chi connectivity index (χ0v) is 10.8. The first-order chi connectivity index (χ1) is 7.93. The summed E-state index contributed by atoms with van der Waals surface area (Å²) < 4.78 is 1.95. The summed E-state index contributed by atoms with van der Waals surface area (Å²) in [7, 11) is 3.52. The van der Waals surface area contributed by atoms with Gasteiger partial charge in [0.2, 0.25) is 0 Å². The van der Waals surface area contributed by atoms with Crippen molar-refractivity contribution in [1.82, 2.24) is 9.88 Å². The van der Waals surface area contributed by atoms with Crippen LogP contribution in [0.2, 0.25) is 0 Å². The van der Waals surface area contributed by atoms with E-state index in [2.05, 4.69) is 12.2 Å². The highest BCUT2D eigenvalue weighted by Crippen LogP contribution is 2.07. The number of likely N-dealkylation sites (N-methyl/N-ethyl adjacent to an activating group) is 1. The van der Waals surface area contributed by atoms with Gasteiger partial charge < -0.3 is 15.0 Å². The molecule has 0 saturated carbocycles. The van der Waals surface area contributed by atoms with Crippen molar-refractivity contribution in [2.24, 2.45) is 7.05 Å². The quantitative estimate of drug-likeness (QED) is 0.773. The Morgan fingerprint density at radius 3 is 2.18 bits per heavy atom. The first-order valence-corrected chi connectivity index (χ1v) is 5.45. The first kappa shape index (κ1) is 15.4. The minimum atomic E-state index is -0.822. The number of aryl methyl sites for hydroxylation is 1. The number of carboxylic acid groups (broad SMARTS) is 1. The number of carbonyl (C=O) groups excluding carboxylic acids is 1. The van der Waals surface area contributed by atoms with Gasteiger partial charge in [0.25, 0.3) is 0 Å². The smallest absolute Gasteiger partial charge is 0.317 e. The highest BCUT2D eigenvalue weighted by molar-refractivity contribution is 5.92. The number of aromatic nitrogens is 1. The molecule has 5 heteroatoms. The second-order valence-electron chi connectivity index (χ2n) is 3.60. The van der Waals surface area contributed by atoms with Gasteiger partial charge in [0.15, 0.2) is 5.78 Å². The van der Waals surface area contributed by atoms with Crippen molar-refractivity contribution in [3.8, 4) is 0 Å². The van der Waals surface area contributed by atoms with E-state index in [-0.39, 0.29) is 12.3 Å². The summed E-state index contributed by atoms with van der Waals surface area (Å²) in [5, 5.41) is 10.3. The Morgan fingerprint density at radius 1 is 1.41 bits per heavy atom. The van der Waals surface area contributed by atoms with Gasteiger partial charge in [0.05, 0.1) is 12.2 Å². The highest BCUT2D eigenvalue weighted by Gasteiger charge is 2.05. The molecular weight excluding hydrogens is 220 g/mol. The second-order valence-corrected chi connectivity index (χ2v) is 3.60. The largest absolute Gasteiger partial charge is 0.480 e. The van der Waals surface area contributed by atoms with Crippen LogP contribution in [0.15, 0.2) is 12.1 Å². The van der Waals surface area contributed by atoms with Gasteiger partial charge in [-0.1, -0.05) is 6.92 Å². The average Bonchev–Trinajstić information content (AvgIpc) is 2.60. The fourth-order valence-electron chi connectivity index (χ4n) is 1.41. The molecule has 0 aliphatic carbocycles. The maximum atomic E-state index is 11.0. The number of rotatable bonds is 4. The molecule has 0 radical (unpaired) electrons. The fourth-order valence-corrected chi connectivity index (χ4v) is 1.41. The Morgan fingerprint density at radius 2 is 2.00 bits per heavy atom. The highest BCUT2D eigenvalue weighted by atomic mass is 16.4. The average molecular weight is 240 g/mol. The van der Waals surface area contributed by atoms with Crippen LogP contribution >= 0.6 is 0 Å². The summed E-state index contributed by atoms with van der Waals surface area (Å²) in [5.41, 5.74) is 2.00. The standard InChI is InChI=1S/C9H13NO.C3H7NO2/c1-4-8-5-6-9(7(2)11)10(8)3;1-4-2-3(5)6/h5-6H,4H2,1-3H3;4H,2H2,1H3,(H,5,6). The van der Waals surface area contributed by atoms with Crippen LogP contribution in [0.4, 0.5) is 0 Å². The Hall–Kier alpha value is -1.62. The van der Waals surface area contributed by atoms with Crippen LogP contribution in [0.5, 0.6) is 0 Å². The fraction of sp³-hybridized carbons (Fsp3) is 0.500. The molecule has 1 aromatic rings. The lowest BCUT2D eigenvalue weighted by atomic mass is 10.3. The molecular formula is C12H20N2O3. The molecule has 0 spiro atoms. The van der Waals surface area contributed by atoms with Crippen LogP contribution in [0, 0.1) is 0 Å². The summed E-state index contributed by atoms with van der Waals surface area (Å²) in [6.45, 7) is 3.72. The predicted molar refractivity (Wildman–Crippen MR) is 66.4 cm³/mol. The van der Waals surface area contributed by atoms with Crippen LogP contribution in [0.25, 0.3) is 0 Å². The molecule has 0 unspecified atom stereocenters. The molecule has 5 nitrogen and oxygen atoms in total. The minimum Gasteiger partial charge on any atom is -0.480 e. The third kappa shape index (κ3) is 5.31. The van der Waals surface area contributed by atoms with Crippen molar-refractivity contribution in [2.75, 3.05) is 13.6 Å². The van der Waals surface area contributed by atoms with Gasteiger partial charge in [-0.3, -0.25) is 9.59 Å². The van der Waals surface area contributed by atoms with Crippen LogP contribution in [-0.4, -0.2) is 35.0 Å². The molecule has 0 aliphatic rings. The second kappa shape index (κ2) is 7.62. The molecule has 96 valence electrons. The molecule has 0 amide bonds. The predicted octanol–water partition coefficient (Wildman–Crippen LogP) is 1.08. The molecule has 1 aromatic heterocycles. The molecule has 1 heterocycles. The summed E-state index contributed by atoms with van der Waals surface area (Å²) in [6, 6.07) is 3.87. The van der Waals surface area contributed by atoms with Crippen molar-refractivity contribution in [3.63, 3.8) is 0 Å². The van der Waals surface area contributed by atoms with Gasteiger partial charge in [-0.15, -0.1) is 0 Å². The van der Waals surface area contributed by atoms with Crippen molar-refractivity contribution in [1.29, 1.82) is 0 Å². The van der Waals surface area contributed by atoms with Gasteiger partial charge >= 0.3 is 5.97 Å². The third-order valence-electron chi connectivity index (χ3n) is 2.28. The van der Waals surface area contributed by atoms with Crippen molar-refractivity contribution < 1.29 is 14.7 Å². The third-order valence-corrected chi connectivity index (χ3v) is 2.28. The van der Waals surface area contributed by atoms with Crippen molar-refractivity contribution in [3.05, 3.63) is 23.5 Å². The maximum absolute atomic E-state index is 11.0. The van der Waals surface area contributed by atoms with E-state index in [1.165, 1.54) is 5.69 Å². The van der Waals surface area contributed by atoms with Crippen molar-refractivity contribution in [2.45, 2.75) is 20.3 Å². The Kier molecular flexibility index (Phi) is 6.89. The lowest BCUT2D eigenvalue weighted by Gasteiger charge is -2.01. The molecule has 17 heavy (non-hydrogen) atoms. The lowest BCUT2D eigenvalue weighted by molar-refractivity contribution is -0.135. The van der Waals surface area contributed by atoms with E-state index in [0.717, 1.165) is 12.1 Å². The van der Waals surface area contributed by atoms with Gasteiger partial charge in [0.1, 0.15) is 0 Å². The number of aliphatic carboxylic acids is 1. The summed E-state index contributed by atoms with van der Waals surface area (Å²) in [6.07, 6.45) is 0.976. The van der Waals surface area contributed by atoms with E-state index >= 15 is 0 Å². The van der Waals surface area contributed by atoms with Crippen LogP contribution < -0.4 is 5.32 Å². The zero-order valence-electron chi connectivity index (χ0n) is 10.8. The summed E-state index contributed by atoms with van der Waals surface area (Å²) in [4.78, 5) is 20.5. The molecule has 2 N–H and O–H groups in total. The van der Waals surface area contributed by atoms with Crippen LogP contribution in [0.1, 0.15) is 30.0 Å². The first-order valence-electron chi connectivity index (χ1n) is 5.45. The lowest BCUT2D eigenvalue weighted by Crippen LogP contribution is -2.16. The van der Waals surface area contributed by atoms with E-state index < -0.39 is 5.97 Å². The van der Waals surface area contributed by atoms with Crippen LogP contribution in [-0.2, 0) is 18.3 Å². The van der Waals surface area contributed by atoms with E-state index in [4.69, 9.17) is 5.11 Å². The van der Waals surface area contributed by atoms with Gasteiger partial charge in [-0.2, -0.15) is 0 Å². The minimum absolute atomic E-state index is 0.0417. The molecule has 0 aliphatic heterocycles. The number of hydrogen-bond donors (Lipinski definition) is 2.